The zero-order chi connectivity index (χ0) is 32.1. The van der Waals surface area contributed by atoms with Crippen LogP contribution in [0.2, 0.25) is 0 Å². The number of para-hydroxylation sites is 4. The molecule has 0 bridgehead atoms. The minimum absolute atomic E-state index is 0.916. The number of hydrogen-bond acceptors (Lipinski definition) is 1. The second-order valence-corrected chi connectivity index (χ2v) is 12.9. The normalized spacial score (nSPS) is 12.1. The van der Waals surface area contributed by atoms with E-state index in [2.05, 4.69) is 167 Å². The van der Waals surface area contributed by atoms with Crippen LogP contribution in [0, 0.1) is 0 Å². The van der Waals surface area contributed by atoms with Crippen LogP contribution in [-0.4, -0.2) is 9.13 Å². The molecule has 0 aliphatic rings. The van der Waals surface area contributed by atoms with Gasteiger partial charge < -0.3 is 13.6 Å². The molecule has 49 heavy (non-hydrogen) atoms. The van der Waals surface area contributed by atoms with Crippen molar-refractivity contribution in [3.8, 4) is 22.5 Å². The lowest BCUT2D eigenvalue weighted by molar-refractivity contribution is 0.670. The van der Waals surface area contributed by atoms with Gasteiger partial charge in [0.1, 0.15) is 11.2 Å². The topological polar surface area (TPSA) is 23.0 Å². The van der Waals surface area contributed by atoms with Crippen LogP contribution >= 0.6 is 0 Å². The van der Waals surface area contributed by atoms with Crippen LogP contribution in [0.15, 0.2) is 174 Å². The van der Waals surface area contributed by atoms with Crippen LogP contribution in [0.5, 0.6) is 0 Å². The predicted octanol–water partition coefficient (Wildman–Crippen LogP) is 12.6. The maximum absolute atomic E-state index is 6.39. The van der Waals surface area contributed by atoms with Crippen LogP contribution in [0.4, 0.5) is 0 Å². The first-order chi connectivity index (χ1) is 24.3. The molecule has 0 radical (unpaired) electrons. The summed E-state index contributed by atoms with van der Waals surface area (Å²) in [5.41, 5.74) is 11.2. The molecule has 0 spiro atoms. The van der Waals surface area contributed by atoms with Gasteiger partial charge in [-0.1, -0.05) is 121 Å². The number of rotatable bonds is 3. The predicted molar refractivity (Wildman–Crippen MR) is 205 cm³/mol. The standard InChI is InChI=1S/C46H28N2O/c1-2-12-31(13-3-1)48-43-27-39-35-15-6-8-19-41(35)47(42(39)28-40(43)37-26-23-29-11-4-5-14-33(29)45(37)48)32-24-21-30(22-25-32)34-17-10-18-38-36-16-7-9-20-44(36)49-46(34)38/h1-28H. The molecule has 0 saturated carbocycles. The molecule has 3 aromatic heterocycles. The van der Waals surface area contributed by atoms with E-state index in [1.165, 1.54) is 54.4 Å². The number of nitrogens with zero attached hydrogens (tertiary/aromatic N) is 2. The fraction of sp³-hybridized carbons (Fsp3) is 0. The van der Waals surface area contributed by atoms with E-state index in [0.29, 0.717) is 0 Å². The summed E-state index contributed by atoms with van der Waals surface area (Å²) in [5, 5.41) is 9.77. The van der Waals surface area contributed by atoms with Gasteiger partial charge in [0, 0.05) is 54.6 Å². The third kappa shape index (κ3) is 3.73. The van der Waals surface area contributed by atoms with E-state index in [1.807, 2.05) is 12.1 Å². The summed E-state index contributed by atoms with van der Waals surface area (Å²) >= 11 is 0. The van der Waals surface area contributed by atoms with Crippen molar-refractivity contribution in [2.45, 2.75) is 0 Å². The summed E-state index contributed by atoms with van der Waals surface area (Å²) in [6.07, 6.45) is 0. The van der Waals surface area contributed by atoms with Gasteiger partial charge >= 0.3 is 0 Å². The zero-order valence-corrected chi connectivity index (χ0v) is 26.5. The monoisotopic (exact) mass is 624 g/mol. The molecule has 0 aliphatic carbocycles. The molecule has 0 N–H and O–H groups in total. The zero-order valence-electron chi connectivity index (χ0n) is 26.5. The second-order valence-electron chi connectivity index (χ2n) is 12.9. The highest BCUT2D eigenvalue weighted by Gasteiger charge is 2.20. The van der Waals surface area contributed by atoms with Gasteiger partial charge in [-0.05, 0) is 59.5 Å². The highest BCUT2D eigenvalue weighted by Crippen LogP contribution is 2.42. The van der Waals surface area contributed by atoms with E-state index in [4.69, 9.17) is 4.42 Å². The van der Waals surface area contributed by atoms with Gasteiger partial charge in [0.05, 0.1) is 22.1 Å². The summed E-state index contributed by atoms with van der Waals surface area (Å²) in [5.74, 6) is 0. The van der Waals surface area contributed by atoms with Crippen molar-refractivity contribution >= 4 is 76.3 Å². The Morgan fingerprint density at radius 3 is 1.88 bits per heavy atom. The number of benzene rings is 8. The Hall–Kier alpha value is -6.58. The van der Waals surface area contributed by atoms with Gasteiger partial charge in [-0.3, -0.25) is 0 Å². The molecule has 3 nitrogen and oxygen atoms in total. The molecule has 0 saturated heterocycles. The van der Waals surface area contributed by atoms with E-state index in [9.17, 15) is 0 Å². The highest BCUT2D eigenvalue weighted by atomic mass is 16.3. The molecular formula is C46H28N2O. The molecule has 228 valence electrons. The van der Waals surface area contributed by atoms with Crippen LogP contribution in [-0.2, 0) is 0 Å². The smallest absolute Gasteiger partial charge is 0.143 e. The lowest BCUT2D eigenvalue weighted by Gasteiger charge is -2.11. The average molecular weight is 625 g/mol. The molecule has 3 heterocycles. The van der Waals surface area contributed by atoms with Crippen molar-refractivity contribution in [2.75, 3.05) is 0 Å². The average Bonchev–Trinajstić information content (AvgIpc) is 3.82. The number of hydrogen-bond donors (Lipinski definition) is 0. The summed E-state index contributed by atoms with van der Waals surface area (Å²) in [4.78, 5) is 0. The second kappa shape index (κ2) is 9.96. The van der Waals surface area contributed by atoms with Crippen LogP contribution in [0.25, 0.3) is 98.8 Å². The van der Waals surface area contributed by atoms with Gasteiger partial charge in [-0.25, -0.2) is 0 Å². The first-order valence-corrected chi connectivity index (χ1v) is 16.8. The van der Waals surface area contributed by atoms with Gasteiger partial charge in [-0.2, -0.15) is 0 Å². The maximum atomic E-state index is 6.39. The first kappa shape index (κ1) is 26.5. The Morgan fingerprint density at radius 2 is 1.02 bits per heavy atom. The first-order valence-electron chi connectivity index (χ1n) is 16.8. The Morgan fingerprint density at radius 1 is 0.367 bits per heavy atom. The Kier molecular flexibility index (Phi) is 5.38. The molecule has 11 rings (SSSR count). The minimum atomic E-state index is 0.916. The van der Waals surface area contributed by atoms with E-state index in [0.717, 1.165) is 44.4 Å². The van der Waals surface area contributed by atoms with E-state index in [1.54, 1.807) is 0 Å². The number of aromatic nitrogens is 2. The van der Waals surface area contributed by atoms with Crippen molar-refractivity contribution in [3.05, 3.63) is 170 Å². The van der Waals surface area contributed by atoms with Gasteiger partial charge in [0.15, 0.2) is 0 Å². The van der Waals surface area contributed by atoms with Crippen molar-refractivity contribution < 1.29 is 4.42 Å². The maximum Gasteiger partial charge on any atom is 0.143 e. The van der Waals surface area contributed by atoms with Crippen molar-refractivity contribution in [2.24, 2.45) is 0 Å². The Balaban J connectivity index is 1.17. The molecule has 0 fully saturated rings. The quantitative estimate of drug-likeness (QED) is 0.192. The molecule has 0 aliphatic heterocycles. The van der Waals surface area contributed by atoms with Crippen molar-refractivity contribution in [1.82, 2.24) is 9.13 Å². The molecule has 11 aromatic rings. The molecule has 0 amide bonds. The van der Waals surface area contributed by atoms with E-state index >= 15 is 0 Å². The SMILES string of the molecule is c1ccc(-n2c3cc4c5ccccc5n(-c5ccc(-c6cccc7c6oc6ccccc67)cc5)c4cc3c3ccc4ccccc4c32)cc1. The summed E-state index contributed by atoms with van der Waals surface area (Å²) in [6, 6.07) is 61.3. The lowest BCUT2D eigenvalue weighted by Crippen LogP contribution is -1.95. The van der Waals surface area contributed by atoms with Crippen molar-refractivity contribution in [1.29, 1.82) is 0 Å². The molecule has 0 unspecified atom stereocenters. The van der Waals surface area contributed by atoms with E-state index < -0.39 is 0 Å². The third-order valence-electron chi connectivity index (χ3n) is 10.3. The molecule has 0 atom stereocenters. The Labute approximate surface area is 281 Å². The van der Waals surface area contributed by atoms with Crippen molar-refractivity contribution in [3.63, 3.8) is 0 Å². The minimum Gasteiger partial charge on any atom is -0.455 e. The highest BCUT2D eigenvalue weighted by molar-refractivity contribution is 6.23. The summed E-state index contributed by atoms with van der Waals surface area (Å²) in [6.45, 7) is 0. The molecular weight excluding hydrogens is 597 g/mol. The van der Waals surface area contributed by atoms with Gasteiger partial charge in [-0.15, -0.1) is 0 Å². The molecule has 8 aromatic carbocycles. The van der Waals surface area contributed by atoms with Gasteiger partial charge in [0.2, 0.25) is 0 Å². The fourth-order valence-electron chi connectivity index (χ4n) is 8.13. The largest absolute Gasteiger partial charge is 0.455 e. The summed E-state index contributed by atoms with van der Waals surface area (Å²) in [7, 11) is 0. The van der Waals surface area contributed by atoms with Gasteiger partial charge in [0.25, 0.3) is 0 Å². The summed E-state index contributed by atoms with van der Waals surface area (Å²) < 4.78 is 11.3. The lowest BCUT2D eigenvalue weighted by atomic mass is 10.0. The van der Waals surface area contributed by atoms with Crippen LogP contribution < -0.4 is 0 Å². The third-order valence-corrected chi connectivity index (χ3v) is 10.3. The fourth-order valence-corrected chi connectivity index (χ4v) is 8.13. The number of furan rings is 1. The molecule has 3 heteroatoms. The van der Waals surface area contributed by atoms with E-state index in [-0.39, 0.29) is 0 Å². The van der Waals surface area contributed by atoms with Crippen LogP contribution in [0.3, 0.4) is 0 Å². The van der Waals surface area contributed by atoms with Crippen LogP contribution in [0.1, 0.15) is 0 Å². The number of fused-ring (bicyclic) bond motifs is 11. The Bertz CT molecular complexity index is 3090.